The van der Waals surface area contributed by atoms with E-state index in [1.165, 1.54) is 19.3 Å². The third-order valence-electron chi connectivity index (χ3n) is 3.96. The second-order valence-electron chi connectivity index (χ2n) is 5.06. The fourth-order valence-corrected chi connectivity index (χ4v) is 2.69. The van der Waals surface area contributed by atoms with Gasteiger partial charge in [0.1, 0.15) is 0 Å². The molecule has 0 radical (unpaired) electrons. The Morgan fingerprint density at radius 1 is 1.23 bits per heavy atom. The van der Waals surface area contributed by atoms with Crippen LogP contribution in [0.15, 0.2) is 0 Å². The van der Waals surface area contributed by atoms with Crippen LogP contribution in [-0.4, -0.2) is 11.2 Å². The number of rotatable bonds is 2. The average molecular weight is 184 g/mol. The molecule has 1 N–H and O–H groups in total. The molecule has 13 heavy (non-hydrogen) atoms. The van der Waals surface area contributed by atoms with Crippen molar-refractivity contribution >= 4 is 0 Å². The molecule has 1 heteroatoms. The van der Waals surface area contributed by atoms with Gasteiger partial charge in [0.15, 0.2) is 0 Å². The van der Waals surface area contributed by atoms with Gasteiger partial charge in [0.05, 0.1) is 6.10 Å². The molecule has 1 rings (SSSR count). The van der Waals surface area contributed by atoms with Gasteiger partial charge in [-0.1, -0.05) is 34.1 Å². The molecule has 0 aromatic carbocycles. The highest BCUT2D eigenvalue weighted by Gasteiger charge is 2.33. The molecule has 1 fully saturated rings. The fourth-order valence-electron chi connectivity index (χ4n) is 2.69. The van der Waals surface area contributed by atoms with E-state index in [1.54, 1.807) is 0 Å². The van der Waals surface area contributed by atoms with Gasteiger partial charge in [0, 0.05) is 0 Å². The van der Waals surface area contributed by atoms with Crippen molar-refractivity contribution in [1.82, 2.24) is 0 Å². The average Bonchev–Trinajstić information content (AvgIpc) is 2.12. The summed E-state index contributed by atoms with van der Waals surface area (Å²) in [6.45, 7) is 9.00. The second-order valence-corrected chi connectivity index (χ2v) is 5.06. The molecule has 0 aliphatic heterocycles. The van der Waals surface area contributed by atoms with Crippen LogP contribution in [0.2, 0.25) is 0 Å². The summed E-state index contributed by atoms with van der Waals surface area (Å²) in [4.78, 5) is 0. The van der Waals surface area contributed by atoms with Gasteiger partial charge in [-0.3, -0.25) is 0 Å². The molecular weight excluding hydrogens is 160 g/mol. The molecule has 0 aromatic rings. The minimum Gasteiger partial charge on any atom is -0.393 e. The fraction of sp³-hybridized carbons (Fsp3) is 1.00. The maximum atomic E-state index is 9.82. The molecule has 1 saturated carbocycles. The molecule has 3 atom stereocenters. The predicted octanol–water partition coefficient (Wildman–Crippen LogP) is 3.08. The summed E-state index contributed by atoms with van der Waals surface area (Å²) < 4.78 is 0. The third-order valence-corrected chi connectivity index (χ3v) is 3.96. The summed E-state index contributed by atoms with van der Waals surface area (Å²) in [5.74, 6) is 2.68. The summed E-state index contributed by atoms with van der Waals surface area (Å²) in [5.41, 5.74) is 0. The van der Waals surface area contributed by atoms with Gasteiger partial charge in [-0.05, 0) is 36.5 Å². The first-order valence-electron chi connectivity index (χ1n) is 5.74. The second kappa shape index (κ2) is 4.45. The van der Waals surface area contributed by atoms with Crippen molar-refractivity contribution in [3.8, 4) is 0 Å². The lowest BCUT2D eigenvalue weighted by Gasteiger charge is -2.38. The van der Waals surface area contributed by atoms with Gasteiger partial charge in [-0.2, -0.15) is 0 Å². The Morgan fingerprint density at radius 3 is 2.08 bits per heavy atom. The van der Waals surface area contributed by atoms with Crippen molar-refractivity contribution in [3.63, 3.8) is 0 Å². The van der Waals surface area contributed by atoms with E-state index in [2.05, 4.69) is 27.7 Å². The Hall–Kier alpha value is -0.0400. The van der Waals surface area contributed by atoms with E-state index < -0.39 is 0 Å². The van der Waals surface area contributed by atoms with E-state index in [4.69, 9.17) is 0 Å². The topological polar surface area (TPSA) is 20.2 Å². The smallest absolute Gasteiger partial charge is 0.0591 e. The normalized spacial score (nSPS) is 43.2. The Bertz CT molecular complexity index is 143. The minimum atomic E-state index is -0.0553. The molecule has 0 bridgehead atoms. The quantitative estimate of drug-likeness (QED) is 0.699. The first kappa shape index (κ1) is 11.0. The standard InChI is InChI=1S/C12H24O/c1-5-8(2)11-6-9(3)12(13)10(4)7-11/h8-13H,5-7H2,1-4H3. The molecule has 0 amide bonds. The van der Waals surface area contributed by atoms with Gasteiger partial charge in [-0.15, -0.1) is 0 Å². The van der Waals surface area contributed by atoms with Crippen LogP contribution < -0.4 is 0 Å². The van der Waals surface area contributed by atoms with Crippen LogP contribution in [0.25, 0.3) is 0 Å². The highest BCUT2D eigenvalue weighted by molar-refractivity contribution is 4.83. The molecule has 0 spiro atoms. The zero-order chi connectivity index (χ0) is 10.0. The van der Waals surface area contributed by atoms with Gasteiger partial charge in [0.2, 0.25) is 0 Å². The van der Waals surface area contributed by atoms with Crippen molar-refractivity contribution in [2.45, 2.75) is 53.1 Å². The predicted molar refractivity (Wildman–Crippen MR) is 56.5 cm³/mol. The van der Waals surface area contributed by atoms with E-state index >= 15 is 0 Å². The lowest BCUT2D eigenvalue weighted by Crippen LogP contribution is -2.36. The van der Waals surface area contributed by atoms with Gasteiger partial charge in [-0.25, -0.2) is 0 Å². The zero-order valence-electron chi connectivity index (χ0n) is 9.46. The molecule has 0 saturated heterocycles. The molecule has 3 unspecified atom stereocenters. The Kier molecular flexibility index (Phi) is 3.78. The summed E-state index contributed by atoms with van der Waals surface area (Å²) in [6.07, 6.45) is 3.67. The molecule has 0 aromatic heterocycles. The van der Waals surface area contributed by atoms with Crippen LogP contribution >= 0.6 is 0 Å². The maximum Gasteiger partial charge on any atom is 0.0591 e. The van der Waals surface area contributed by atoms with E-state index in [0.29, 0.717) is 11.8 Å². The molecule has 1 nitrogen and oxygen atoms in total. The molecule has 78 valence electrons. The molecular formula is C12H24O. The van der Waals surface area contributed by atoms with Crippen molar-refractivity contribution in [2.75, 3.05) is 0 Å². The summed E-state index contributed by atoms with van der Waals surface area (Å²) in [7, 11) is 0. The number of aliphatic hydroxyl groups is 1. The van der Waals surface area contributed by atoms with Crippen molar-refractivity contribution in [3.05, 3.63) is 0 Å². The lowest BCUT2D eigenvalue weighted by molar-refractivity contribution is -0.000321. The Balaban J connectivity index is 2.53. The summed E-state index contributed by atoms with van der Waals surface area (Å²) >= 11 is 0. The summed E-state index contributed by atoms with van der Waals surface area (Å²) in [5, 5.41) is 9.82. The van der Waals surface area contributed by atoms with E-state index in [0.717, 1.165) is 11.8 Å². The van der Waals surface area contributed by atoms with Crippen LogP contribution in [0.5, 0.6) is 0 Å². The van der Waals surface area contributed by atoms with Crippen LogP contribution in [0.1, 0.15) is 47.0 Å². The van der Waals surface area contributed by atoms with Crippen LogP contribution in [-0.2, 0) is 0 Å². The number of aliphatic hydroxyl groups excluding tert-OH is 1. The highest BCUT2D eigenvalue weighted by atomic mass is 16.3. The van der Waals surface area contributed by atoms with Crippen LogP contribution in [0.4, 0.5) is 0 Å². The Morgan fingerprint density at radius 2 is 1.69 bits per heavy atom. The van der Waals surface area contributed by atoms with Crippen LogP contribution in [0, 0.1) is 23.7 Å². The summed E-state index contributed by atoms with van der Waals surface area (Å²) in [6, 6.07) is 0. The van der Waals surface area contributed by atoms with Crippen molar-refractivity contribution in [2.24, 2.45) is 23.7 Å². The highest BCUT2D eigenvalue weighted by Crippen LogP contribution is 2.37. The van der Waals surface area contributed by atoms with Crippen LogP contribution in [0.3, 0.4) is 0 Å². The maximum absolute atomic E-state index is 9.82. The van der Waals surface area contributed by atoms with Crippen molar-refractivity contribution in [1.29, 1.82) is 0 Å². The lowest BCUT2D eigenvalue weighted by atomic mass is 9.70. The van der Waals surface area contributed by atoms with Crippen molar-refractivity contribution < 1.29 is 5.11 Å². The van der Waals surface area contributed by atoms with Gasteiger partial charge >= 0.3 is 0 Å². The van der Waals surface area contributed by atoms with E-state index in [1.807, 2.05) is 0 Å². The minimum absolute atomic E-state index is 0.0553. The SMILES string of the molecule is CCC(C)C1CC(C)C(O)C(C)C1. The zero-order valence-corrected chi connectivity index (χ0v) is 9.46. The van der Waals surface area contributed by atoms with Gasteiger partial charge < -0.3 is 5.11 Å². The van der Waals surface area contributed by atoms with E-state index in [-0.39, 0.29) is 6.10 Å². The first-order valence-corrected chi connectivity index (χ1v) is 5.74. The Labute approximate surface area is 82.5 Å². The molecule has 0 heterocycles. The first-order chi connectivity index (χ1) is 6.06. The molecule has 1 aliphatic rings. The molecule has 1 aliphatic carbocycles. The monoisotopic (exact) mass is 184 g/mol. The third kappa shape index (κ3) is 2.46. The number of hydrogen-bond acceptors (Lipinski definition) is 1. The van der Waals surface area contributed by atoms with E-state index in [9.17, 15) is 5.11 Å². The van der Waals surface area contributed by atoms with Gasteiger partial charge in [0.25, 0.3) is 0 Å². The largest absolute Gasteiger partial charge is 0.393 e. The number of hydrogen-bond donors (Lipinski definition) is 1.